The van der Waals surface area contributed by atoms with E-state index in [1.54, 1.807) is 0 Å². The maximum atomic E-state index is 2.76. The third-order valence-corrected chi connectivity index (χ3v) is 5.16. The summed E-state index contributed by atoms with van der Waals surface area (Å²) in [7, 11) is 0. The van der Waals surface area contributed by atoms with E-state index in [1.165, 1.54) is 57.4 Å². The van der Waals surface area contributed by atoms with Crippen molar-refractivity contribution in [2.75, 3.05) is 26.2 Å². The van der Waals surface area contributed by atoms with Crippen LogP contribution in [-0.4, -0.2) is 42.0 Å². The van der Waals surface area contributed by atoms with Crippen molar-refractivity contribution in [2.24, 2.45) is 5.92 Å². The second-order valence-corrected chi connectivity index (χ2v) is 6.71. The molecule has 1 saturated carbocycles. The Morgan fingerprint density at radius 1 is 0.900 bits per heavy atom. The molecule has 20 heavy (non-hydrogen) atoms. The summed E-state index contributed by atoms with van der Waals surface area (Å²) in [5, 5.41) is 0. The zero-order valence-corrected chi connectivity index (χ0v) is 12.8. The fourth-order valence-electron chi connectivity index (χ4n) is 3.74. The molecule has 0 bridgehead atoms. The van der Waals surface area contributed by atoms with Gasteiger partial charge in [-0.15, -0.1) is 0 Å². The van der Waals surface area contributed by atoms with E-state index in [0.29, 0.717) is 0 Å². The molecule has 0 radical (unpaired) electrons. The highest BCUT2D eigenvalue weighted by molar-refractivity contribution is 5.14. The van der Waals surface area contributed by atoms with Crippen molar-refractivity contribution in [1.82, 2.24) is 9.80 Å². The molecule has 3 rings (SSSR count). The van der Waals surface area contributed by atoms with E-state index in [9.17, 15) is 0 Å². The van der Waals surface area contributed by atoms with E-state index in [-0.39, 0.29) is 0 Å². The highest BCUT2D eigenvalue weighted by Gasteiger charge is 2.26. The Bertz CT molecular complexity index is 387. The Morgan fingerprint density at radius 3 is 2.20 bits per heavy atom. The molecule has 0 aromatic heterocycles. The van der Waals surface area contributed by atoms with E-state index >= 15 is 0 Å². The molecule has 1 aliphatic carbocycles. The van der Waals surface area contributed by atoms with Crippen molar-refractivity contribution in [3.05, 3.63) is 35.9 Å². The van der Waals surface area contributed by atoms with Crippen LogP contribution in [0.4, 0.5) is 0 Å². The largest absolute Gasteiger partial charge is 0.298 e. The van der Waals surface area contributed by atoms with Crippen LogP contribution in [0.3, 0.4) is 0 Å². The summed E-state index contributed by atoms with van der Waals surface area (Å²) in [6, 6.07) is 11.8. The molecule has 110 valence electrons. The van der Waals surface area contributed by atoms with Crippen LogP contribution in [0.15, 0.2) is 30.3 Å². The van der Waals surface area contributed by atoms with E-state index < -0.39 is 0 Å². The lowest BCUT2D eigenvalue weighted by molar-refractivity contribution is 0.0689. The van der Waals surface area contributed by atoms with Gasteiger partial charge >= 0.3 is 0 Å². The Hall–Kier alpha value is -0.860. The first-order valence-corrected chi connectivity index (χ1v) is 8.31. The molecule has 0 amide bonds. The first-order chi connectivity index (χ1) is 9.81. The van der Waals surface area contributed by atoms with Gasteiger partial charge in [0.15, 0.2) is 0 Å². The van der Waals surface area contributed by atoms with Crippen LogP contribution in [0.5, 0.6) is 0 Å². The van der Waals surface area contributed by atoms with Crippen molar-refractivity contribution < 1.29 is 0 Å². The predicted molar refractivity (Wildman–Crippen MR) is 84.7 cm³/mol. The third kappa shape index (κ3) is 3.62. The fraction of sp³-hybridized carbons (Fsp3) is 0.667. The highest BCUT2D eigenvalue weighted by atomic mass is 15.3. The Balaban J connectivity index is 1.45. The Morgan fingerprint density at radius 2 is 1.55 bits per heavy atom. The van der Waals surface area contributed by atoms with Gasteiger partial charge in [-0.3, -0.25) is 9.80 Å². The molecule has 2 aliphatic rings. The van der Waals surface area contributed by atoms with Gasteiger partial charge in [0.1, 0.15) is 0 Å². The van der Waals surface area contributed by atoms with Crippen LogP contribution in [0.1, 0.15) is 38.2 Å². The van der Waals surface area contributed by atoms with Crippen LogP contribution < -0.4 is 0 Å². The topological polar surface area (TPSA) is 6.48 Å². The van der Waals surface area contributed by atoms with Gasteiger partial charge in [-0.2, -0.15) is 0 Å². The number of hydrogen-bond donors (Lipinski definition) is 0. The molecular weight excluding hydrogens is 244 g/mol. The lowest BCUT2D eigenvalue weighted by Crippen LogP contribution is -2.50. The van der Waals surface area contributed by atoms with Gasteiger partial charge in [-0.05, 0) is 37.2 Å². The molecule has 2 heteroatoms. The minimum atomic E-state index is 0.880. The Kier molecular flexibility index (Phi) is 4.74. The molecule has 1 aromatic carbocycles. The smallest absolute Gasteiger partial charge is 0.0234 e. The molecule has 0 unspecified atom stereocenters. The van der Waals surface area contributed by atoms with Crippen LogP contribution in [0.2, 0.25) is 0 Å². The standard InChI is InChI=1S/C18H28N2/c1-16-7-9-18(10-8-16)20-13-11-19(12-14-20)15-17-5-3-2-4-6-17/h2-6,16,18H,7-15H2,1H3. The molecule has 1 aliphatic heterocycles. The van der Waals surface area contributed by atoms with Gasteiger partial charge in [0.05, 0.1) is 0 Å². The number of rotatable bonds is 3. The monoisotopic (exact) mass is 272 g/mol. The maximum absolute atomic E-state index is 2.76. The summed E-state index contributed by atoms with van der Waals surface area (Å²) >= 11 is 0. The van der Waals surface area contributed by atoms with E-state index in [2.05, 4.69) is 47.1 Å². The SMILES string of the molecule is CC1CCC(N2CCN(Cc3ccccc3)CC2)CC1. The highest BCUT2D eigenvalue weighted by Crippen LogP contribution is 2.27. The predicted octanol–water partition coefficient (Wildman–Crippen LogP) is 3.38. The van der Waals surface area contributed by atoms with Crippen molar-refractivity contribution in [3.63, 3.8) is 0 Å². The van der Waals surface area contributed by atoms with Crippen molar-refractivity contribution in [2.45, 2.75) is 45.2 Å². The summed E-state index contributed by atoms with van der Waals surface area (Å²) in [4.78, 5) is 5.37. The number of nitrogens with zero attached hydrogens (tertiary/aromatic N) is 2. The average molecular weight is 272 g/mol. The van der Waals surface area contributed by atoms with Crippen molar-refractivity contribution in [1.29, 1.82) is 0 Å². The van der Waals surface area contributed by atoms with Gasteiger partial charge in [-0.1, -0.05) is 37.3 Å². The quantitative estimate of drug-likeness (QED) is 0.832. The maximum Gasteiger partial charge on any atom is 0.0234 e. The van der Waals surface area contributed by atoms with Crippen LogP contribution in [0, 0.1) is 5.92 Å². The van der Waals surface area contributed by atoms with Crippen LogP contribution in [0.25, 0.3) is 0 Å². The number of benzene rings is 1. The Labute approximate surface area is 123 Å². The first kappa shape index (κ1) is 14.1. The normalized spacial score (nSPS) is 29.4. The molecule has 0 spiro atoms. The minimum absolute atomic E-state index is 0.880. The summed E-state index contributed by atoms with van der Waals surface area (Å²) in [5.41, 5.74) is 1.45. The number of hydrogen-bond acceptors (Lipinski definition) is 2. The zero-order chi connectivity index (χ0) is 13.8. The zero-order valence-electron chi connectivity index (χ0n) is 12.8. The second-order valence-electron chi connectivity index (χ2n) is 6.71. The third-order valence-electron chi connectivity index (χ3n) is 5.16. The molecule has 1 saturated heterocycles. The summed E-state index contributed by atoms with van der Waals surface area (Å²) < 4.78 is 0. The molecular formula is C18H28N2. The second kappa shape index (κ2) is 6.73. The average Bonchev–Trinajstić information content (AvgIpc) is 2.50. The van der Waals surface area contributed by atoms with Crippen LogP contribution in [-0.2, 0) is 6.54 Å². The number of piperazine rings is 1. The van der Waals surface area contributed by atoms with E-state index in [1.807, 2.05) is 0 Å². The summed E-state index contributed by atoms with van der Waals surface area (Å²) in [6.07, 6.45) is 5.74. The van der Waals surface area contributed by atoms with Gasteiger partial charge < -0.3 is 0 Å². The van der Waals surface area contributed by atoms with Crippen molar-refractivity contribution in [3.8, 4) is 0 Å². The molecule has 0 N–H and O–H groups in total. The summed E-state index contributed by atoms with van der Waals surface area (Å²) in [5.74, 6) is 0.964. The van der Waals surface area contributed by atoms with Gasteiger partial charge in [0, 0.05) is 38.8 Å². The van der Waals surface area contributed by atoms with E-state index in [4.69, 9.17) is 0 Å². The van der Waals surface area contributed by atoms with E-state index in [0.717, 1.165) is 18.5 Å². The molecule has 1 heterocycles. The molecule has 2 fully saturated rings. The molecule has 2 nitrogen and oxygen atoms in total. The fourth-order valence-corrected chi connectivity index (χ4v) is 3.74. The lowest BCUT2D eigenvalue weighted by Gasteiger charge is -2.41. The van der Waals surface area contributed by atoms with Gasteiger partial charge in [0.2, 0.25) is 0 Å². The van der Waals surface area contributed by atoms with Gasteiger partial charge in [-0.25, -0.2) is 0 Å². The molecule has 0 atom stereocenters. The first-order valence-electron chi connectivity index (χ1n) is 8.31. The minimum Gasteiger partial charge on any atom is -0.298 e. The van der Waals surface area contributed by atoms with Gasteiger partial charge in [0.25, 0.3) is 0 Å². The summed E-state index contributed by atoms with van der Waals surface area (Å²) in [6.45, 7) is 8.55. The van der Waals surface area contributed by atoms with Crippen molar-refractivity contribution >= 4 is 0 Å². The molecule has 1 aromatic rings. The van der Waals surface area contributed by atoms with Crippen LogP contribution >= 0.6 is 0 Å². The lowest BCUT2D eigenvalue weighted by atomic mass is 9.86.